The van der Waals surface area contributed by atoms with E-state index < -0.39 is 12.1 Å². The summed E-state index contributed by atoms with van der Waals surface area (Å²) in [6.45, 7) is 1.81. The number of aliphatic hydroxyl groups is 1. The Morgan fingerprint density at radius 3 is 2.56 bits per heavy atom. The summed E-state index contributed by atoms with van der Waals surface area (Å²) in [5.41, 5.74) is 2.11. The lowest BCUT2D eigenvalue weighted by Gasteiger charge is -2.10. The Kier molecular flexibility index (Phi) is 4.85. The molecule has 0 bridgehead atoms. The van der Waals surface area contributed by atoms with Gasteiger partial charge in [0.15, 0.2) is 6.10 Å². The van der Waals surface area contributed by atoms with Gasteiger partial charge < -0.3 is 14.9 Å². The summed E-state index contributed by atoms with van der Waals surface area (Å²) >= 11 is 0. The molecule has 1 aromatic rings. The summed E-state index contributed by atoms with van der Waals surface area (Å²) in [6, 6.07) is 4.89. The molecule has 0 aliphatic carbocycles. The number of aliphatic hydroxyl groups excluding tert-OH is 1. The van der Waals surface area contributed by atoms with E-state index in [1.54, 1.807) is 18.2 Å². The highest BCUT2D eigenvalue weighted by molar-refractivity contribution is 5.74. The van der Waals surface area contributed by atoms with E-state index in [0.29, 0.717) is 12.0 Å². The molecular weight excluding hydrogens is 236 g/mol. The number of esters is 1. The molecule has 0 fully saturated rings. The largest absolute Gasteiger partial charge is 0.479 e. The fourth-order valence-electron chi connectivity index (χ4n) is 1.65. The minimum Gasteiger partial charge on any atom is -0.479 e. The van der Waals surface area contributed by atoms with E-state index in [1.807, 2.05) is 6.92 Å². The summed E-state index contributed by atoms with van der Waals surface area (Å²) in [7, 11) is 1.33. The van der Waals surface area contributed by atoms with Crippen LogP contribution in [0.4, 0.5) is 0 Å². The van der Waals surface area contributed by atoms with E-state index >= 15 is 0 Å². The Hall–Kier alpha value is -1.88. The van der Waals surface area contributed by atoms with Crippen LogP contribution in [0.25, 0.3) is 0 Å². The van der Waals surface area contributed by atoms with Crippen LogP contribution < -0.4 is 0 Å². The topological polar surface area (TPSA) is 83.8 Å². The molecular formula is C13H16O5. The minimum absolute atomic E-state index is 0.276. The smallest absolute Gasteiger partial charge is 0.337 e. The summed E-state index contributed by atoms with van der Waals surface area (Å²) in [6.07, 6.45) is -0.710. The second kappa shape index (κ2) is 6.16. The molecule has 0 aliphatic rings. The van der Waals surface area contributed by atoms with Gasteiger partial charge in [-0.1, -0.05) is 18.2 Å². The van der Waals surface area contributed by atoms with Gasteiger partial charge >= 0.3 is 11.9 Å². The number of rotatable bonds is 5. The molecule has 0 amide bonds. The van der Waals surface area contributed by atoms with Gasteiger partial charge in [0, 0.05) is 6.42 Å². The maximum atomic E-state index is 11.0. The van der Waals surface area contributed by atoms with Crippen LogP contribution in [0, 0.1) is 6.92 Å². The number of aryl methyl sites for hydroxylation is 2. The number of methoxy groups -OCH3 is 1. The summed E-state index contributed by atoms with van der Waals surface area (Å²) in [5, 5.41) is 18.1. The van der Waals surface area contributed by atoms with Crippen molar-refractivity contribution in [3.8, 4) is 0 Å². The van der Waals surface area contributed by atoms with Crippen molar-refractivity contribution in [3.63, 3.8) is 0 Å². The van der Waals surface area contributed by atoms with Crippen LogP contribution in [0.15, 0.2) is 18.2 Å². The fourth-order valence-corrected chi connectivity index (χ4v) is 1.65. The second-order valence-electron chi connectivity index (χ2n) is 4.00. The zero-order valence-electron chi connectivity index (χ0n) is 10.3. The van der Waals surface area contributed by atoms with Crippen LogP contribution in [0.2, 0.25) is 0 Å². The highest BCUT2D eigenvalue weighted by atomic mass is 16.5. The van der Waals surface area contributed by atoms with Crippen LogP contribution >= 0.6 is 0 Å². The van der Waals surface area contributed by atoms with E-state index in [-0.39, 0.29) is 12.4 Å². The van der Waals surface area contributed by atoms with E-state index in [0.717, 1.165) is 11.1 Å². The Morgan fingerprint density at radius 1 is 1.39 bits per heavy atom. The third-order valence-corrected chi connectivity index (χ3v) is 2.74. The highest BCUT2D eigenvalue weighted by Crippen LogP contribution is 2.19. The Balaban J connectivity index is 2.80. The zero-order valence-corrected chi connectivity index (χ0v) is 10.3. The standard InChI is InChI=1S/C13H16O5/c1-8-7-10(12(15)13(16)17)4-3-9(8)5-6-11(14)18-2/h3-4,7,12,15H,5-6H2,1-2H3,(H,16,17). The summed E-state index contributed by atoms with van der Waals surface area (Å²) in [4.78, 5) is 21.7. The van der Waals surface area contributed by atoms with Crippen LogP contribution in [0.5, 0.6) is 0 Å². The lowest BCUT2D eigenvalue weighted by Crippen LogP contribution is -2.11. The first kappa shape index (κ1) is 14.2. The molecule has 0 saturated heterocycles. The number of carboxylic acids is 1. The molecule has 0 heterocycles. The van der Waals surface area contributed by atoms with Crippen molar-refractivity contribution in [2.45, 2.75) is 25.9 Å². The van der Waals surface area contributed by atoms with Crippen molar-refractivity contribution in [1.29, 1.82) is 0 Å². The fraction of sp³-hybridized carbons (Fsp3) is 0.385. The normalized spacial score (nSPS) is 11.9. The third kappa shape index (κ3) is 3.56. The second-order valence-corrected chi connectivity index (χ2v) is 4.00. The molecule has 5 nitrogen and oxygen atoms in total. The Bertz CT molecular complexity index is 453. The van der Waals surface area contributed by atoms with Crippen LogP contribution in [0.1, 0.15) is 29.2 Å². The quantitative estimate of drug-likeness (QED) is 0.770. The Labute approximate surface area is 105 Å². The van der Waals surface area contributed by atoms with Gasteiger partial charge in [0.05, 0.1) is 7.11 Å². The average Bonchev–Trinajstić information content (AvgIpc) is 2.35. The number of hydrogen-bond donors (Lipinski definition) is 2. The number of benzene rings is 1. The van der Waals surface area contributed by atoms with Gasteiger partial charge in [-0.25, -0.2) is 4.79 Å². The lowest BCUT2D eigenvalue weighted by molar-refractivity contribution is -0.147. The van der Waals surface area contributed by atoms with Crippen LogP contribution in [0.3, 0.4) is 0 Å². The predicted octanol–water partition coefficient (Wildman–Crippen LogP) is 1.22. The first-order valence-corrected chi connectivity index (χ1v) is 5.52. The van der Waals surface area contributed by atoms with Gasteiger partial charge in [-0.15, -0.1) is 0 Å². The average molecular weight is 252 g/mol. The highest BCUT2D eigenvalue weighted by Gasteiger charge is 2.16. The van der Waals surface area contributed by atoms with Gasteiger partial charge in [-0.05, 0) is 30.0 Å². The van der Waals surface area contributed by atoms with E-state index in [9.17, 15) is 14.7 Å². The maximum Gasteiger partial charge on any atom is 0.337 e. The first-order chi connectivity index (χ1) is 8.45. The number of hydrogen-bond acceptors (Lipinski definition) is 4. The van der Waals surface area contributed by atoms with E-state index in [4.69, 9.17) is 5.11 Å². The number of aliphatic carboxylic acids is 1. The van der Waals surface area contributed by atoms with Crippen molar-refractivity contribution in [2.24, 2.45) is 0 Å². The van der Waals surface area contributed by atoms with Crippen molar-refractivity contribution < 1.29 is 24.5 Å². The molecule has 0 spiro atoms. The summed E-state index contributed by atoms with van der Waals surface area (Å²) < 4.78 is 4.55. The molecule has 2 N–H and O–H groups in total. The third-order valence-electron chi connectivity index (χ3n) is 2.74. The molecule has 1 atom stereocenters. The van der Waals surface area contributed by atoms with Crippen LogP contribution in [-0.2, 0) is 20.7 Å². The van der Waals surface area contributed by atoms with Crippen molar-refractivity contribution >= 4 is 11.9 Å². The van der Waals surface area contributed by atoms with E-state index in [1.165, 1.54) is 7.11 Å². The van der Waals surface area contributed by atoms with Crippen molar-refractivity contribution in [1.82, 2.24) is 0 Å². The molecule has 1 unspecified atom stereocenters. The Morgan fingerprint density at radius 2 is 2.06 bits per heavy atom. The van der Waals surface area contributed by atoms with Gasteiger partial charge in [0.1, 0.15) is 0 Å². The van der Waals surface area contributed by atoms with Gasteiger partial charge in [-0.3, -0.25) is 4.79 Å². The maximum absolute atomic E-state index is 11.0. The molecule has 0 radical (unpaired) electrons. The molecule has 1 rings (SSSR count). The van der Waals surface area contributed by atoms with Crippen LogP contribution in [-0.4, -0.2) is 29.3 Å². The van der Waals surface area contributed by atoms with Crippen molar-refractivity contribution in [2.75, 3.05) is 7.11 Å². The number of carbonyl (C=O) groups excluding carboxylic acids is 1. The monoisotopic (exact) mass is 252 g/mol. The molecule has 18 heavy (non-hydrogen) atoms. The lowest BCUT2D eigenvalue weighted by atomic mass is 9.99. The molecule has 1 aromatic carbocycles. The van der Waals surface area contributed by atoms with Gasteiger partial charge in [-0.2, -0.15) is 0 Å². The summed E-state index contributed by atoms with van der Waals surface area (Å²) in [5.74, 6) is -1.57. The minimum atomic E-state index is -1.52. The molecule has 0 aliphatic heterocycles. The number of ether oxygens (including phenoxy) is 1. The molecule has 5 heteroatoms. The SMILES string of the molecule is COC(=O)CCc1ccc(C(O)C(=O)O)cc1C. The van der Waals surface area contributed by atoms with Gasteiger partial charge in [0.25, 0.3) is 0 Å². The first-order valence-electron chi connectivity index (χ1n) is 5.52. The van der Waals surface area contributed by atoms with Gasteiger partial charge in [0.2, 0.25) is 0 Å². The molecule has 0 aromatic heterocycles. The predicted molar refractivity (Wildman–Crippen MR) is 64.1 cm³/mol. The zero-order chi connectivity index (χ0) is 13.7. The van der Waals surface area contributed by atoms with E-state index in [2.05, 4.69) is 4.74 Å². The van der Waals surface area contributed by atoms with Crippen molar-refractivity contribution in [3.05, 3.63) is 34.9 Å². The molecule has 98 valence electrons. The number of carboxylic acid groups (broad SMARTS) is 1. The number of carbonyl (C=O) groups is 2. The molecule has 0 saturated carbocycles.